The lowest BCUT2D eigenvalue weighted by molar-refractivity contribution is -0.127. The topological polar surface area (TPSA) is 54.3 Å². The van der Waals surface area contributed by atoms with Crippen LogP contribution in [0.1, 0.15) is 56.4 Å². The van der Waals surface area contributed by atoms with Gasteiger partial charge in [0.25, 0.3) is 5.91 Å². The summed E-state index contributed by atoms with van der Waals surface area (Å²) in [6, 6.07) is 4.36. The highest BCUT2D eigenvalue weighted by molar-refractivity contribution is 7.17. The smallest absolute Gasteiger partial charge is 0.270 e. The monoisotopic (exact) mass is 401 g/mol. The summed E-state index contributed by atoms with van der Waals surface area (Å²) < 4.78 is 3.13. The molecule has 1 saturated carbocycles. The maximum atomic E-state index is 13.0. The molecule has 3 atom stereocenters. The minimum absolute atomic E-state index is 0.0328. The van der Waals surface area contributed by atoms with Crippen molar-refractivity contribution in [1.82, 2.24) is 14.8 Å². The number of aromatic nitrogens is 1. The van der Waals surface area contributed by atoms with Crippen LogP contribution in [-0.4, -0.2) is 40.4 Å². The van der Waals surface area contributed by atoms with E-state index in [1.807, 2.05) is 22.6 Å². The predicted octanol–water partition coefficient (Wildman–Crippen LogP) is 4.03. The highest BCUT2D eigenvalue weighted by atomic mass is 32.1. The summed E-state index contributed by atoms with van der Waals surface area (Å²) in [7, 11) is 1.95. The summed E-state index contributed by atoms with van der Waals surface area (Å²) in [5.41, 5.74) is 1.85. The Kier molecular flexibility index (Phi) is 5.50. The predicted molar refractivity (Wildman–Crippen MR) is 114 cm³/mol. The zero-order chi connectivity index (χ0) is 19.8. The fourth-order valence-electron chi connectivity index (χ4n) is 4.85. The van der Waals surface area contributed by atoms with Crippen molar-refractivity contribution in [1.29, 1.82) is 0 Å². The average Bonchev–Trinajstić information content (AvgIpc) is 3.28. The third-order valence-electron chi connectivity index (χ3n) is 7.07. The largest absolute Gasteiger partial charge is 0.353 e. The highest BCUT2D eigenvalue weighted by Crippen LogP contribution is 2.30. The lowest BCUT2D eigenvalue weighted by Crippen LogP contribution is -2.48. The Hall–Kier alpha value is -1.82. The standard InChI is InChI=1S/C22H31N3O2S/c1-14-5-4-6-17(15(14)2)23-21(26)16-7-10-25(11-8-16)22(27)19-13-20-18(24(19)3)9-12-28-20/h9,12-17H,4-8,10-11H2,1-3H3,(H,23,26)/t14-,15+,17+/m1/s1. The van der Waals surface area contributed by atoms with E-state index in [2.05, 4.69) is 30.6 Å². The first-order valence-corrected chi connectivity index (χ1v) is 11.5. The first-order valence-electron chi connectivity index (χ1n) is 10.6. The van der Waals surface area contributed by atoms with E-state index in [1.165, 1.54) is 12.8 Å². The molecule has 0 spiro atoms. The van der Waals surface area contributed by atoms with E-state index in [0.29, 0.717) is 31.0 Å². The molecule has 2 fully saturated rings. The van der Waals surface area contributed by atoms with Gasteiger partial charge in [-0.2, -0.15) is 0 Å². The molecule has 152 valence electrons. The van der Waals surface area contributed by atoms with E-state index in [0.717, 1.165) is 35.2 Å². The first-order chi connectivity index (χ1) is 13.5. The molecule has 4 rings (SSSR count). The third kappa shape index (κ3) is 3.59. The van der Waals surface area contributed by atoms with E-state index in [9.17, 15) is 9.59 Å². The molecule has 28 heavy (non-hydrogen) atoms. The van der Waals surface area contributed by atoms with Crippen molar-refractivity contribution in [2.45, 2.75) is 52.0 Å². The van der Waals surface area contributed by atoms with Crippen molar-refractivity contribution in [2.75, 3.05) is 13.1 Å². The lowest BCUT2D eigenvalue weighted by Gasteiger charge is -2.37. The summed E-state index contributed by atoms with van der Waals surface area (Å²) in [5.74, 6) is 1.53. The number of rotatable bonds is 3. The van der Waals surface area contributed by atoms with Gasteiger partial charge >= 0.3 is 0 Å². The van der Waals surface area contributed by atoms with Crippen molar-refractivity contribution >= 4 is 33.4 Å². The van der Waals surface area contributed by atoms with Gasteiger partial charge in [0.2, 0.25) is 5.91 Å². The van der Waals surface area contributed by atoms with Gasteiger partial charge in [-0.1, -0.05) is 26.7 Å². The summed E-state index contributed by atoms with van der Waals surface area (Å²) in [5, 5.41) is 5.38. The molecule has 0 unspecified atom stereocenters. The summed E-state index contributed by atoms with van der Waals surface area (Å²) >= 11 is 1.66. The molecule has 0 aromatic carbocycles. The zero-order valence-corrected chi connectivity index (χ0v) is 17.9. The number of nitrogens with zero attached hydrogens (tertiary/aromatic N) is 2. The number of hydrogen-bond acceptors (Lipinski definition) is 3. The molecule has 5 nitrogen and oxygen atoms in total. The minimum atomic E-state index is 0.0328. The van der Waals surface area contributed by atoms with Crippen LogP contribution in [0.25, 0.3) is 10.2 Å². The summed E-state index contributed by atoms with van der Waals surface area (Å²) in [6.07, 6.45) is 5.08. The molecule has 2 aromatic rings. The van der Waals surface area contributed by atoms with Gasteiger partial charge in [-0.3, -0.25) is 9.59 Å². The maximum Gasteiger partial charge on any atom is 0.270 e. The molecule has 6 heteroatoms. The Bertz CT molecular complexity index is 862. The summed E-state index contributed by atoms with van der Waals surface area (Å²) in [4.78, 5) is 27.7. The molecular formula is C22H31N3O2S. The zero-order valence-electron chi connectivity index (χ0n) is 17.1. The molecule has 1 N–H and O–H groups in total. The number of nitrogens with one attached hydrogen (secondary N) is 1. The van der Waals surface area contributed by atoms with E-state index in [4.69, 9.17) is 0 Å². The third-order valence-corrected chi connectivity index (χ3v) is 7.92. The van der Waals surface area contributed by atoms with Gasteiger partial charge in [-0.05, 0) is 48.6 Å². The number of aryl methyl sites for hydroxylation is 1. The van der Waals surface area contributed by atoms with Crippen molar-refractivity contribution in [3.63, 3.8) is 0 Å². The minimum Gasteiger partial charge on any atom is -0.353 e. The SMILES string of the molecule is C[C@H]1[C@H](C)CCC[C@@H]1NC(=O)C1CCN(C(=O)c2cc3sccc3n2C)CC1. The number of carbonyl (C=O) groups is 2. The van der Waals surface area contributed by atoms with E-state index in [-0.39, 0.29) is 17.7 Å². The number of carbonyl (C=O) groups excluding carboxylic acids is 2. The Morgan fingerprint density at radius 1 is 1.14 bits per heavy atom. The van der Waals surface area contributed by atoms with Crippen molar-refractivity contribution in [2.24, 2.45) is 24.8 Å². The Morgan fingerprint density at radius 3 is 2.61 bits per heavy atom. The van der Waals surface area contributed by atoms with Gasteiger partial charge in [0, 0.05) is 32.1 Å². The number of likely N-dealkylation sites (tertiary alicyclic amines) is 1. The van der Waals surface area contributed by atoms with Crippen LogP contribution in [0, 0.1) is 17.8 Å². The summed E-state index contributed by atoms with van der Waals surface area (Å²) in [6.45, 7) is 5.88. The van der Waals surface area contributed by atoms with Crippen molar-refractivity contribution in [3.8, 4) is 0 Å². The quantitative estimate of drug-likeness (QED) is 0.844. The van der Waals surface area contributed by atoms with Gasteiger partial charge in [0.05, 0.1) is 10.2 Å². The molecule has 2 amide bonds. The van der Waals surface area contributed by atoms with Crippen LogP contribution in [0.5, 0.6) is 0 Å². The van der Waals surface area contributed by atoms with Crippen molar-refractivity contribution < 1.29 is 9.59 Å². The van der Waals surface area contributed by atoms with Gasteiger partial charge < -0.3 is 14.8 Å². The molecule has 0 radical (unpaired) electrons. The molecular weight excluding hydrogens is 370 g/mol. The number of fused-ring (bicyclic) bond motifs is 1. The van der Waals surface area contributed by atoms with Crippen LogP contribution >= 0.6 is 11.3 Å². The van der Waals surface area contributed by atoms with Gasteiger partial charge in [0.1, 0.15) is 5.69 Å². The van der Waals surface area contributed by atoms with Crippen LogP contribution < -0.4 is 5.32 Å². The number of thiophene rings is 1. The number of amides is 2. The van der Waals surface area contributed by atoms with Crippen LogP contribution in [0.15, 0.2) is 17.5 Å². The molecule has 1 saturated heterocycles. The van der Waals surface area contributed by atoms with E-state index < -0.39 is 0 Å². The molecule has 1 aliphatic heterocycles. The van der Waals surface area contributed by atoms with Crippen LogP contribution in [0.4, 0.5) is 0 Å². The Morgan fingerprint density at radius 2 is 1.89 bits per heavy atom. The second kappa shape index (κ2) is 7.90. The first kappa shape index (κ1) is 19.5. The second-order valence-electron chi connectivity index (χ2n) is 8.71. The number of hydrogen-bond donors (Lipinski definition) is 1. The average molecular weight is 402 g/mol. The van der Waals surface area contributed by atoms with Crippen LogP contribution in [-0.2, 0) is 11.8 Å². The van der Waals surface area contributed by atoms with E-state index >= 15 is 0 Å². The fourth-order valence-corrected chi connectivity index (χ4v) is 5.70. The molecule has 2 aromatic heterocycles. The van der Waals surface area contributed by atoms with E-state index in [1.54, 1.807) is 11.3 Å². The molecule has 0 bridgehead atoms. The highest BCUT2D eigenvalue weighted by Gasteiger charge is 2.33. The molecule has 3 heterocycles. The number of piperidine rings is 1. The molecule has 1 aliphatic carbocycles. The van der Waals surface area contributed by atoms with Gasteiger partial charge in [-0.25, -0.2) is 0 Å². The fraction of sp³-hybridized carbons (Fsp3) is 0.636. The maximum absolute atomic E-state index is 13.0. The van der Waals surface area contributed by atoms with Gasteiger partial charge in [-0.15, -0.1) is 11.3 Å². The normalized spacial score (nSPS) is 26.5. The Labute approximate surface area is 171 Å². The van der Waals surface area contributed by atoms with Crippen LogP contribution in [0.3, 0.4) is 0 Å². The van der Waals surface area contributed by atoms with Crippen LogP contribution in [0.2, 0.25) is 0 Å². The molecule has 2 aliphatic rings. The van der Waals surface area contributed by atoms with Crippen molar-refractivity contribution in [3.05, 3.63) is 23.2 Å². The Balaban J connectivity index is 1.34. The lowest BCUT2D eigenvalue weighted by atomic mass is 9.78. The second-order valence-corrected chi connectivity index (χ2v) is 9.66. The van der Waals surface area contributed by atoms with Gasteiger partial charge in [0.15, 0.2) is 0 Å².